The molecular weight excluding hydrogens is 320 g/mol. The Hall–Kier alpha value is -2.89. The van der Waals surface area contributed by atoms with Crippen molar-refractivity contribution in [2.75, 3.05) is 13.7 Å². The Morgan fingerprint density at radius 1 is 1.24 bits per heavy atom. The average molecular weight is 340 g/mol. The number of benzene rings is 1. The minimum Gasteiger partial charge on any atom is -0.497 e. The third-order valence-corrected chi connectivity index (χ3v) is 4.11. The van der Waals surface area contributed by atoms with Gasteiger partial charge in [-0.15, -0.1) is 0 Å². The first-order chi connectivity index (χ1) is 12.1. The van der Waals surface area contributed by atoms with E-state index in [0.29, 0.717) is 11.4 Å². The number of pyridine rings is 1. The number of hydrogen-bond acceptors (Lipinski definition) is 5. The highest BCUT2D eigenvalue weighted by Crippen LogP contribution is 2.27. The lowest BCUT2D eigenvalue weighted by Crippen LogP contribution is -2.24. The molecule has 0 unspecified atom stereocenters. The molecule has 0 bridgehead atoms. The first kappa shape index (κ1) is 17.0. The van der Waals surface area contributed by atoms with E-state index in [1.165, 1.54) is 10.6 Å². The van der Waals surface area contributed by atoms with Gasteiger partial charge in [-0.3, -0.25) is 9.20 Å². The average Bonchev–Trinajstić information content (AvgIpc) is 2.62. The molecule has 0 radical (unpaired) electrons. The second-order valence-electron chi connectivity index (χ2n) is 5.71. The molecule has 2 aromatic heterocycles. The molecule has 0 saturated heterocycles. The number of hydrogen-bond donors (Lipinski definition) is 0. The van der Waals surface area contributed by atoms with Crippen LogP contribution in [-0.2, 0) is 11.2 Å². The van der Waals surface area contributed by atoms with Crippen molar-refractivity contribution in [3.8, 4) is 5.75 Å². The van der Waals surface area contributed by atoms with Crippen molar-refractivity contribution in [2.45, 2.75) is 26.7 Å². The van der Waals surface area contributed by atoms with Crippen molar-refractivity contribution in [3.05, 3.63) is 52.1 Å². The highest BCUT2D eigenvalue weighted by atomic mass is 16.5. The van der Waals surface area contributed by atoms with Crippen molar-refractivity contribution in [2.24, 2.45) is 0 Å². The van der Waals surface area contributed by atoms with Crippen LogP contribution >= 0.6 is 0 Å². The number of fused-ring (bicyclic) bond motifs is 3. The van der Waals surface area contributed by atoms with E-state index in [9.17, 15) is 9.59 Å². The summed E-state index contributed by atoms with van der Waals surface area (Å²) in [6, 6.07) is 5.73. The van der Waals surface area contributed by atoms with Gasteiger partial charge in [0.1, 0.15) is 17.0 Å². The smallest absolute Gasteiger partial charge is 0.345 e. The van der Waals surface area contributed by atoms with Gasteiger partial charge in [0.15, 0.2) is 0 Å². The first-order valence-corrected chi connectivity index (χ1v) is 8.28. The largest absolute Gasteiger partial charge is 0.497 e. The second kappa shape index (κ2) is 6.93. The lowest BCUT2D eigenvalue weighted by atomic mass is 10.0. The number of ether oxygens (including phenoxy) is 2. The molecule has 0 fully saturated rings. The molecule has 1 aromatic carbocycles. The van der Waals surface area contributed by atoms with E-state index in [1.54, 1.807) is 20.2 Å². The van der Waals surface area contributed by atoms with Crippen LogP contribution in [0.5, 0.6) is 5.75 Å². The van der Waals surface area contributed by atoms with Gasteiger partial charge in [0.25, 0.3) is 5.56 Å². The molecule has 0 atom stereocenters. The van der Waals surface area contributed by atoms with Crippen LogP contribution < -0.4 is 10.3 Å². The fourth-order valence-corrected chi connectivity index (χ4v) is 2.95. The molecule has 0 N–H and O–H groups in total. The standard InChI is InChI=1S/C19H20N2O4/c1-4-6-12-11-21-17(15-9-13(24-3)7-8-14(12)15)20-10-16(18(21)22)19(23)25-5-2/h7-11H,4-6H2,1-3H3. The van der Waals surface area contributed by atoms with Gasteiger partial charge >= 0.3 is 5.97 Å². The van der Waals surface area contributed by atoms with Crippen molar-refractivity contribution in [3.63, 3.8) is 0 Å². The Bertz CT molecular complexity index is 1010. The van der Waals surface area contributed by atoms with Crippen LogP contribution in [0.2, 0.25) is 0 Å². The summed E-state index contributed by atoms with van der Waals surface area (Å²) in [4.78, 5) is 29.1. The van der Waals surface area contributed by atoms with E-state index in [1.807, 2.05) is 18.2 Å². The monoisotopic (exact) mass is 340 g/mol. The third kappa shape index (κ3) is 2.95. The van der Waals surface area contributed by atoms with E-state index in [2.05, 4.69) is 11.9 Å². The molecule has 3 aromatic rings. The normalized spacial score (nSPS) is 11.0. The van der Waals surface area contributed by atoms with Crippen LogP contribution in [0.15, 0.2) is 35.4 Å². The zero-order valence-corrected chi connectivity index (χ0v) is 14.5. The Morgan fingerprint density at radius 2 is 2.04 bits per heavy atom. The molecule has 0 saturated carbocycles. The molecule has 0 aliphatic carbocycles. The second-order valence-corrected chi connectivity index (χ2v) is 5.71. The summed E-state index contributed by atoms with van der Waals surface area (Å²) >= 11 is 0. The highest BCUT2D eigenvalue weighted by molar-refractivity contribution is 5.97. The minimum atomic E-state index is -0.655. The van der Waals surface area contributed by atoms with Gasteiger partial charge in [-0.25, -0.2) is 9.78 Å². The summed E-state index contributed by atoms with van der Waals surface area (Å²) in [5.41, 5.74) is 1.03. The van der Waals surface area contributed by atoms with Gasteiger partial charge in [-0.2, -0.15) is 0 Å². The summed E-state index contributed by atoms with van der Waals surface area (Å²) in [5.74, 6) is 0.0314. The van der Waals surface area contributed by atoms with Crippen molar-refractivity contribution in [1.29, 1.82) is 0 Å². The molecule has 0 spiro atoms. The van der Waals surface area contributed by atoms with Gasteiger partial charge in [0, 0.05) is 17.8 Å². The molecule has 3 rings (SSSR count). The molecule has 6 nitrogen and oxygen atoms in total. The van der Waals surface area contributed by atoms with Crippen LogP contribution in [-0.4, -0.2) is 29.1 Å². The fraction of sp³-hybridized carbons (Fsp3) is 0.316. The third-order valence-electron chi connectivity index (χ3n) is 4.11. The minimum absolute atomic E-state index is 0.0657. The fourth-order valence-electron chi connectivity index (χ4n) is 2.95. The zero-order valence-electron chi connectivity index (χ0n) is 14.5. The number of aryl methyl sites for hydroxylation is 1. The Morgan fingerprint density at radius 3 is 2.72 bits per heavy atom. The zero-order chi connectivity index (χ0) is 18.0. The summed E-state index contributed by atoms with van der Waals surface area (Å²) < 4.78 is 11.7. The number of methoxy groups -OCH3 is 1. The van der Waals surface area contributed by atoms with Gasteiger partial charge in [0.2, 0.25) is 0 Å². The van der Waals surface area contributed by atoms with E-state index in [0.717, 1.165) is 29.2 Å². The predicted octanol–water partition coefficient (Wildman–Crippen LogP) is 2.99. The number of esters is 1. The molecule has 6 heteroatoms. The Kier molecular flexibility index (Phi) is 4.70. The summed E-state index contributed by atoms with van der Waals surface area (Å²) in [7, 11) is 1.59. The molecular formula is C19H20N2O4. The summed E-state index contributed by atoms with van der Waals surface area (Å²) in [5, 5.41) is 1.84. The van der Waals surface area contributed by atoms with Crippen LogP contribution in [0, 0.1) is 0 Å². The lowest BCUT2D eigenvalue weighted by Gasteiger charge is -2.12. The molecule has 0 amide bonds. The van der Waals surface area contributed by atoms with Gasteiger partial charge < -0.3 is 9.47 Å². The Balaban J connectivity index is 2.37. The molecule has 2 heterocycles. The van der Waals surface area contributed by atoms with E-state index in [-0.39, 0.29) is 12.2 Å². The van der Waals surface area contributed by atoms with E-state index in [4.69, 9.17) is 9.47 Å². The number of nitrogens with zero attached hydrogens (tertiary/aromatic N) is 2. The predicted molar refractivity (Wildman–Crippen MR) is 95.5 cm³/mol. The van der Waals surface area contributed by atoms with Crippen LogP contribution in [0.25, 0.3) is 16.4 Å². The van der Waals surface area contributed by atoms with Gasteiger partial charge in [-0.05, 0) is 36.4 Å². The number of carbonyl (C=O) groups excluding carboxylic acids is 1. The maximum absolute atomic E-state index is 12.8. The van der Waals surface area contributed by atoms with Crippen molar-refractivity contribution >= 4 is 22.4 Å². The quantitative estimate of drug-likeness (QED) is 0.527. The maximum Gasteiger partial charge on any atom is 0.345 e. The highest BCUT2D eigenvalue weighted by Gasteiger charge is 2.17. The number of rotatable bonds is 5. The van der Waals surface area contributed by atoms with Crippen LogP contribution in [0.1, 0.15) is 36.2 Å². The summed E-state index contributed by atoms with van der Waals surface area (Å²) in [6.07, 6.45) is 4.81. The number of carbonyl (C=O) groups is 1. The van der Waals surface area contributed by atoms with E-state index < -0.39 is 11.5 Å². The van der Waals surface area contributed by atoms with Gasteiger partial charge in [-0.1, -0.05) is 19.4 Å². The van der Waals surface area contributed by atoms with Crippen molar-refractivity contribution in [1.82, 2.24) is 9.38 Å². The Labute approximate surface area is 145 Å². The number of aromatic nitrogens is 2. The molecule has 0 aliphatic rings. The van der Waals surface area contributed by atoms with Crippen LogP contribution in [0.4, 0.5) is 0 Å². The maximum atomic E-state index is 12.8. The topological polar surface area (TPSA) is 69.9 Å². The SMILES string of the molecule is CCCc1cn2c(=O)c(C(=O)OCC)cnc2c2cc(OC)ccc12. The first-order valence-electron chi connectivity index (χ1n) is 8.28. The molecule has 130 valence electrons. The molecule has 0 aliphatic heterocycles. The lowest BCUT2D eigenvalue weighted by molar-refractivity contribution is 0.0523. The van der Waals surface area contributed by atoms with Crippen molar-refractivity contribution < 1.29 is 14.3 Å². The van der Waals surface area contributed by atoms with E-state index >= 15 is 0 Å². The summed E-state index contributed by atoms with van der Waals surface area (Å²) in [6.45, 7) is 3.98. The molecule has 25 heavy (non-hydrogen) atoms. The van der Waals surface area contributed by atoms with Gasteiger partial charge in [0.05, 0.1) is 13.7 Å². The van der Waals surface area contributed by atoms with Crippen LogP contribution in [0.3, 0.4) is 0 Å².